The van der Waals surface area contributed by atoms with E-state index >= 15 is 0 Å². The first-order chi connectivity index (χ1) is 10.7. The van der Waals surface area contributed by atoms with Crippen molar-refractivity contribution in [2.45, 2.75) is 54.5 Å². The van der Waals surface area contributed by atoms with Crippen LogP contribution in [0.25, 0.3) is 0 Å². The van der Waals surface area contributed by atoms with Gasteiger partial charge in [-0.15, -0.1) is 0 Å². The van der Waals surface area contributed by atoms with Gasteiger partial charge in [0, 0.05) is 44.2 Å². The largest absolute Gasteiger partial charge is 0.396 e. The van der Waals surface area contributed by atoms with Crippen LogP contribution in [0.5, 0.6) is 0 Å². The van der Waals surface area contributed by atoms with E-state index < -0.39 is 0 Å². The fraction of sp³-hybridized carbons (Fsp3) is 0.700. The third-order valence-corrected chi connectivity index (χ3v) is 6.00. The molecule has 130 valence electrons. The van der Waals surface area contributed by atoms with Gasteiger partial charge in [0.15, 0.2) is 0 Å². The van der Waals surface area contributed by atoms with Crippen molar-refractivity contribution in [3.8, 4) is 0 Å². The van der Waals surface area contributed by atoms with Crippen LogP contribution in [-0.4, -0.2) is 42.8 Å². The highest BCUT2D eigenvalue weighted by molar-refractivity contribution is 5.51. The first-order valence-electron chi connectivity index (χ1n) is 8.84. The summed E-state index contributed by atoms with van der Waals surface area (Å²) in [6.07, 6.45) is 0. The first-order valence-corrected chi connectivity index (χ1v) is 8.84. The van der Waals surface area contributed by atoms with Gasteiger partial charge < -0.3 is 10.4 Å². The molecular formula is C20H34N2O. The highest BCUT2D eigenvalue weighted by Crippen LogP contribution is 2.43. The molecule has 0 unspecified atom stereocenters. The van der Waals surface area contributed by atoms with Crippen molar-refractivity contribution in [2.24, 2.45) is 5.41 Å². The molecule has 1 saturated heterocycles. The minimum Gasteiger partial charge on any atom is -0.396 e. The molecule has 0 aliphatic carbocycles. The van der Waals surface area contributed by atoms with Gasteiger partial charge in [0.2, 0.25) is 0 Å². The molecule has 0 spiro atoms. The number of aliphatic hydroxyl groups is 1. The lowest BCUT2D eigenvalue weighted by Crippen LogP contribution is -2.50. The average molecular weight is 319 g/mol. The Labute approximate surface area is 142 Å². The lowest BCUT2D eigenvalue weighted by atomic mass is 9.74. The number of benzene rings is 1. The van der Waals surface area contributed by atoms with Crippen molar-refractivity contribution >= 4 is 0 Å². The maximum Gasteiger partial charge on any atom is 0.0500 e. The summed E-state index contributed by atoms with van der Waals surface area (Å²) in [5.74, 6) is 0. The fourth-order valence-corrected chi connectivity index (χ4v) is 4.03. The minimum atomic E-state index is -0.166. The van der Waals surface area contributed by atoms with Crippen LogP contribution in [0.3, 0.4) is 0 Å². The van der Waals surface area contributed by atoms with E-state index in [0.29, 0.717) is 0 Å². The standard InChI is InChI=1S/C20H34N2O/c1-13-14(2)16(4)18(17(5)15(13)3)19(20(6,7)12-23)22-10-8-21-9-11-22/h19,21,23H,8-12H2,1-7H3/t19-/m0/s1. The van der Waals surface area contributed by atoms with E-state index in [4.69, 9.17) is 0 Å². The predicted molar refractivity (Wildman–Crippen MR) is 98.2 cm³/mol. The second-order valence-corrected chi connectivity index (χ2v) is 7.87. The Kier molecular flexibility index (Phi) is 5.55. The van der Waals surface area contributed by atoms with Crippen LogP contribution in [0.15, 0.2) is 0 Å². The lowest BCUT2D eigenvalue weighted by molar-refractivity contribution is 0.0298. The van der Waals surface area contributed by atoms with Gasteiger partial charge in [-0.25, -0.2) is 0 Å². The van der Waals surface area contributed by atoms with Gasteiger partial charge >= 0.3 is 0 Å². The molecule has 0 bridgehead atoms. The average Bonchev–Trinajstić information content (AvgIpc) is 2.55. The molecule has 1 aliphatic rings. The van der Waals surface area contributed by atoms with E-state index in [9.17, 15) is 5.11 Å². The molecule has 1 atom stereocenters. The Bertz CT molecular complexity index is 542. The smallest absolute Gasteiger partial charge is 0.0500 e. The van der Waals surface area contributed by atoms with Crippen LogP contribution in [-0.2, 0) is 0 Å². The zero-order valence-electron chi connectivity index (χ0n) is 16.0. The van der Waals surface area contributed by atoms with Crippen molar-refractivity contribution in [3.05, 3.63) is 33.4 Å². The number of rotatable bonds is 4. The van der Waals surface area contributed by atoms with Gasteiger partial charge in [0.25, 0.3) is 0 Å². The van der Waals surface area contributed by atoms with Crippen molar-refractivity contribution < 1.29 is 5.11 Å². The van der Waals surface area contributed by atoms with Gasteiger partial charge in [0.1, 0.15) is 0 Å². The van der Waals surface area contributed by atoms with E-state index in [1.807, 2.05) is 0 Å². The Hall–Kier alpha value is -0.900. The van der Waals surface area contributed by atoms with Crippen LogP contribution in [0.4, 0.5) is 0 Å². The summed E-state index contributed by atoms with van der Waals surface area (Å²) < 4.78 is 0. The van der Waals surface area contributed by atoms with Crippen molar-refractivity contribution in [2.75, 3.05) is 32.8 Å². The zero-order valence-corrected chi connectivity index (χ0v) is 16.0. The van der Waals surface area contributed by atoms with Crippen LogP contribution in [0.2, 0.25) is 0 Å². The molecule has 1 aliphatic heterocycles. The second kappa shape index (κ2) is 6.92. The van der Waals surface area contributed by atoms with Crippen LogP contribution in [0.1, 0.15) is 53.3 Å². The van der Waals surface area contributed by atoms with Gasteiger partial charge in [-0.1, -0.05) is 13.8 Å². The quantitative estimate of drug-likeness (QED) is 0.895. The monoisotopic (exact) mass is 318 g/mol. The lowest BCUT2D eigenvalue weighted by Gasteiger charge is -2.45. The Morgan fingerprint density at radius 2 is 1.35 bits per heavy atom. The molecule has 0 amide bonds. The molecule has 3 nitrogen and oxygen atoms in total. The maximum absolute atomic E-state index is 10.1. The van der Waals surface area contributed by atoms with E-state index in [1.54, 1.807) is 0 Å². The summed E-state index contributed by atoms with van der Waals surface area (Å²) in [6.45, 7) is 19.9. The Balaban J connectivity index is 2.65. The molecule has 1 fully saturated rings. The van der Waals surface area contributed by atoms with Crippen LogP contribution >= 0.6 is 0 Å². The molecule has 23 heavy (non-hydrogen) atoms. The molecule has 0 radical (unpaired) electrons. The molecular weight excluding hydrogens is 284 g/mol. The maximum atomic E-state index is 10.1. The molecule has 3 heteroatoms. The van der Waals surface area contributed by atoms with Crippen LogP contribution in [0, 0.1) is 40.0 Å². The summed E-state index contributed by atoms with van der Waals surface area (Å²) in [7, 11) is 0. The van der Waals surface area contributed by atoms with E-state index in [1.165, 1.54) is 33.4 Å². The molecule has 0 saturated carbocycles. The number of nitrogens with one attached hydrogen (secondary N) is 1. The molecule has 1 aromatic rings. The van der Waals surface area contributed by atoms with Crippen molar-refractivity contribution in [1.82, 2.24) is 10.2 Å². The number of piperazine rings is 1. The highest BCUT2D eigenvalue weighted by Gasteiger charge is 2.38. The fourth-order valence-electron chi connectivity index (χ4n) is 4.03. The topological polar surface area (TPSA) is 35.5 Å². The summed E-state index contributed by atoms with van der Waals surface area (Å²) in [4.78, 5) is 2.57. The van der Waals surface area contributed by atoms with E-state index in [2.05, 4.69) is 58.7 Å². The number of hydrogen-bond donors (Lipinski definition) is 2. The molecule has 1 aromatic carbocycles. The van der Waals surface area contributed by atoms with E-state index in [-0.39, 0.29) is 18.1 Å². The first kappa shape index (κ1) is 18.4. The molecule has 1 heterocycles. The van der Waals surface area contributed by atoms with Gasteiger partial charge in [0.05, 0.1) is 0 Å². The Morgan fingerprint density at radius 3 is 1.78 bits per heavy atom. The molecule has 0 aromatic heterocycles. The van der Waals surface area contributed by atoms with Gasteiger partial charge in [-0.05, 0) is 68.0 Å². The predicted octanol–water partition coefficient (Wildman–Crippen LogP) is 3.19. The van der Waals surface area contributed by atoms with E-state index in [0.717, 1.165) is 26.2 Å². The van der Waals surface area contributed by atoms with Crippen molar-refractivity contribution in [1.29, 1.82) is 0 Å². The third-order valence-electron chi connectivity index (χ3n) is 6.00. The minimum absolute atomic E-state index is 0.166. The number of aliphatic hydroxyl groups excluding tert-OH is 1. The SMILES string of the molecule is Cc1c(C)c(C)c([C@H](N2CCNCC2)C(C)(C)CO)c(C)c1C. The zero-order chi connectivity index (χ0) is 17.4. The summed E-state index contributed by atoms with van der Waals surface area (Å²) >= 11 is 0. The summed E-state index contributed by atoms with van der Waals surface area (Å²) in [5.41, 5.74) is 8.28. The molecule has 2 N–H and O–H groups in total. The molecule has 2 rings (SSSR count). The second-order valence-electron chi connectivity index (χ2n) is 7.87. The van der Waals surface area contributed by atoms with Crippen LogP contribution < -0.4 is 5.32 Å². The highest BCUT2D eigenvalue weighted by atomic mass is 16.3. The normalized spacial score (nSPS) is 18.3. The Morgan fingerprint density at radius 1 is 0.913 bits per heavy atom. The third kappa shape index (κ3) is 3.33. The number of hydrogen-bond acceptors (Lipinski definition) is 3. The number of nitrogens with zero attached hydrogens (tertiary/aromatic N) is 1. The van der Waals surface area contributed by atoms with Gasteiger partial charge in [-0.3, -0.25) is 4.90 Å². The summed E-state index contributed by atoms with van der Waals surface area (Å²) in [6, 6.07) is 0.257. The summed E-state index contributed by atoms with van der Waals surface area (Å²) in [5, 5.41) is 13.5. The van der Waals surface area contributed by atoms with Crippen molar-refractivity contribution in [3.63, 3.8) is 0 Å². The van der Waals surface area contributed by atoms with Gasteiger partial charge in [-0.2, -0.15) is 0 Å².